The Bertz CT molecular complexity index is 2700. The highest BCUT2D eigenvalue weighted by molar-refractivity contribution is 5.96. The number of rotatable bonds is 4. The average molecular weight is 654 g/mol. The minimum absolute atomic E-state index is 0.580. The molecule has 3 aliphatic carbocycles. The summed E-state index contributed by atoms with van der Waals surface area (Å²) in [5.74, 6) is 0. The quantitative estimate of drug-likeness (QED) is 0.190. The first-order valence-electron chi connectivity index (χ1n) is 17.4. The Morgan fingerprint density at radius 2 is 1.39 bits per heavy atom. The highest BCUT2D eigenvalue weighted by atomic mass is 15.0. The van der Waals surface area contributed by atoms with Gasteiger partial charge in [-0.25, -0.2) is 0 Å². The van der Waals surface area contributed by atoms with Gasteiger partial charge in [-0.2, -0.15) is 15.8 Å². The Balaban J connectivity index is 1.22. The molecular formula is C46H31N5. The standard InChI is InChI=1S/C46H31N5/c47-27-30-21-23-44-39(25-30)37-15-7-9-19-42(37)51(44)41-18-8-6-14-36(41)35-13-5-4-12-34(35)31-22-24-40(33(26-31)29-49)50-43-17-3-1-2-16-38(43)46-32(28-48)11-10-20-45(46)50/h2-9,11-19,22,24-26H,1,10,20-21,23H2. The number of para-hydroxylation sites is 2. The van der Waals surface area contributed by atoms with Crippen LogP contribution in [0.2, 0.25) is 0 Å². The molecule has 240 valence electrons. The third-order valence-electron chi connectivity index (χ3n) is 10.4. The van der Waals surface area contributed by atoms with E-state index in [1.54, 1.807) is 0 Å². The van der Waals surface area contributed by atoms with Crippen molar-refractivity contribution in [2.75, 3.05) is 0 Å². The van der Waals surface area contributed by atoms with Gasteiger partial charge in [0.25, 0.3) is 0 Å². The molecule has 6 aromatic rings. The van der Waals surface area contributed by atoms with Gasteiger partial charge in [-0.15, -0.1) is 0 Å². The molecule has 0 amide bonds. The van der Waals surface area contributed by atoms with Crippen LogP contribution >= 0.6 is 0 Å². The zero-order chi connectivity index (χ0) is 34.5. The first-order chi connectivity index (χ1) is 25.2. The van der Waals surface area contributed by atoms with Crippen LogP contribution in [0.5, 0.6) is 0 Å². The zero-order valence-electron chi connectivity index (χ0n) is 27.9. The number of aromatic nitrogens is 2. The summed E-state index contributed by atoms with van der Waals surface area (Å²) in [6, 6.07) is 38.9. The lowest BCUT2D eigenvalue weighted by Gasteiger charge is -2.20. The average Bonchev–Trinajstić information content (AvgIpc) is 3.57. The molecule has 0 bridgehead atoms. The maximum absolute atomic E-state index is 10.7. The highest BCUT2D eigenvalue weighted by Gasteiger charge is 2.28. The molecule has 0 spiro atoms. The highest BCUT2D eigenvalue weighted by Crippen LogP contribution is 2.43. The molecule has 0 radical (unpaired) electrons. The van der Waals surface area contributed by atoms with Crippen LogP contribution in [0.3, 0.4) is 0 Å². The smallest absolute Gasteiger partial charge is 0.101 e. The van der Waals surface area contributed by atoms with Crippen LogP contribution in [0.4, 0.5) is 0 Å². The van der Waals surface area contributed by atoms with E-state index in [1.807, 2.05) is 12.1 Å². The normalized spacial score (nSPS) is 14.3. The lowest BCUT2D eigenvalue weighted by Crippen LogP contribution is -2.08. The summed E-state index contributed by atoms with van der Waals surface area (Å²) < 4.78 is 4.58. The van der Waals surface area contributed by atoms with E-state index in [9.17, 15) is 15.8 Å². The Morgan fingerprint density at radius 3 is 2.24 bits per heavy atom. The van der Waals surface area contributed by atoms with Crippen molar-refractivity contribution in [2.24, 2.45) is 0 Å². The van der Waals surface area contributed by atoms with Gasteiger partial charge in [0.2, 0.25) is 0 Å². The molecule has 0 unspecified atom stereocenters. The van der Waals surface area contributed by atoms with Gasteiger partial charge in [0.05, 0.1) is 45.9 Å². The van der Waals surface area contributed by atoms with Crippen molar-refractivity contribution in [2.45, 2.75) is 32.1 Å². The monoisotopic (exact) mass is 653 g/mol. The summed E-state index contributed by atoms with van der Waals surface area (Å²) in [6.45, 7) is 0. The third-order valence-corrected chi connectivity index (χ3v) is 10.4. The zero-order valence-corrected chi connectivity index (χ0v) is 27.9. The number of hydrogen-bond acceptors (Lipinski definition) is 3. The van der Waals surface area contributed by atoms with Gasteiger partial charge in [0, 0.05) is 44.6 Å². The number of benzene rings is 4. The van der Waals surface area contributed by atoms with Gasteiger partial charge < -0.3 is 9.13 Å². The summed E-state index contributed by atoms with van der Waals surface area (Å²) in [6.07, 6.45) is 16.5. The van der Waals surface area contributed by atoms with Crippen molar-refractivity contribution in [1.29, 1.82) is 15.8 Å². The van der Waals surface area contributed by atoms with Gasteiger partial charge in [0.15, 0.2) is 0 Å². The van der Waals surface area contributed by atoms with Gasteiger partial charge in [0.1, 0.15) is 6.07 Å². The Kier molecular flexibility index (Phi) is 7.24. The van der Waals surface area contributed by atoms with Crippen molar-refractivity contribution in [3.63, 3.8) is 0 Å². The fourth-order valence-corrected chi connectivity index (χ4v) is 8.25. The second kappa shape index (κ2) is 12.2. The molecule has 0 aliphatic heterocycles. The fraction of sp³-hybridized carbons (Fsp3) is 0.109. The van der Waals surface area contributed by atoms with Crippen LogP contribution in [0.1, 0.15) is 58.6 Å². The van der Waals surface area contributed by atoms with Crippen LogP contribution in [0.25, 0.3) is 68.3 Å². The first-order valence-corrected chi connectivity index (χ1v) is 17.4. The minimum Gasteiger partial charge on any atom is -0.312 e. The van der Waals surface area contributed by atoms with Crippen molar-refractivity contribution in [1.82, 2.24) is 9.13 Å². The molecule has 2 heterocycles. The maximum atomic E-state index is 10.7. The molecule has 5 heteroatoms. The summed E-state index contributed by atoms with van der Waals surface area (Å²) in [5, 5.41) is 31.6. The molecular weight excluding hydrogens is 623 g/mol. The summed E-state index contributed by atoms with van der Waals surface area (Å²) in [7, 11) is 0. The number of nitriles is 3. The van der Waals surface area contributed by atoms with E-state index in [2.05, 4.69) is 143 Å². The van der Waals surface area contributed by atoms with E-state index in [0.717, 1.165) is 110 Å². The lowest BCUT2D eigenvalue weighted by atomic mass is 9.92. The molecule has 4 aromatic carbocycles. The molecule has 3 aliphatic rings. The van der Waals surface area contributed by atoms with Crippen LogP contribution in [0.15, 0.2) is 115 Å². The predicted molar refractivity (Wildman–Crippen MR) is 205 cm³/mol. The topological polar surface area (TPSA) is 81.2 Å². The van der Waals surface area contributed by atoms with Gasteiger partial charge in [-0.1, -0.05) is 91.0 Å². The molecule has 0 atom stereocenters. The van der Waals surface area contributed by atoms with Crippen LogP contribution in [-0.4, -0.2) is 9.13 Å². The molecule has 0 saturated heterocycles. The molecule has 5 nitrogen and oxygen atoms in total. The predicted octanol–water partition coefficient (Wildman–Crippen LogP) is 10.8. The largest absolute Gasteiger partial charge is 0.312 e. The second-order valence-corrected chi connectivity index (χ2v) is 13.2. The van der Waals surface area contributed by atoms with Gasteiger partial charge in [-0.3, -0.25) is 0 Å². The van der Waals surface area contributed by atoms with Crippen LogP contribution in [-0.2, 0) is 12.8 Å². The first kappa shape index (κ1) is 30.2. The molecule has 0 fully saturated rings. The van der Waals surface area contributed by atoms with Crippen molar-refractivity contribution in [3.05, 3.63) is 154 Å². The molecule has 9 rings (SSSR count). The van der Waals surface area contributed by atoms with E-state index in [4.69, 9.17) is 0 Å². The summed E-state index contributed by atoms with van der Waals surface area (Å²) in [4.78, 5) is 0. The Labute approximate surface area is 296 Å². The molecule has 0 saturated carbocycles. The van der Waals surface area contributed by atoms with E-state index in [0.29, 0.717) is 11.1 Å². The van der Waals surface area contributed by atoms with E-state index >= 15 is 0 Å². The maximum Gasteiger partial charge on any atom is 0.101 e. The van der Waals surface area contributed by atoms with Crippen LogP contribution < -0.4 is 0 Å². The lowest BCUT2D eigenvalue weighted by molar-refractivity contribution is 0.865. The molecule has 2 aromatic heterocycles. The van der Waals surface area contributed by atoms with Crippen molar-refractivity contribution >= 4 is 34.7 Å². The number of fused-ring (bicyclic) bond motifs is 6. The van der Waals surface area contributed by atoms with E-state index < -0.39 is 0 Å². The minimum atomic E-state index is 0.580. The van der Waals surface area contributed by atoms with Crippen LogP contribution in [0, 0.1) is 34.0 Å². The molecule has 51 heavy (non-hydrogen) atoms. The summed E-state index contributed by atoms with van der Waals surface area (Å²) in [5.41, 5.74) is 15.7. The SMILES string of the molecule is N#CC1=Cc2c(n(-c3ccccc3-c3ccccc3-c3ccc(-n4c5c(c6c4CCC=C6C#N)C=CCC=C5)c(C#N)c3)c3ccccc23)CC1. The van der Waals surface area contributed by atoms with E-state index in [1.165, 1.54) is 5.69 Å². The molecule has 0 N–H and O–H groups in total. The summed E-state index contributed by atoms with van der Waals surface area (Å²) >= 11 is 0. The Morgan fingerprint density at radius 1 is 0.608 bits per heavy atom. The van der Waals surface area contributed by atoms with Gasteiger partial charge >= 0.3 is 0 Å². The third kappa shape index (κ3) is 4.74. The van der Waals surface area contributed by atoms with Crippen molar-refractivity contribution < 1.29 is 0 Å². The number of allylic oxidation sites excluding steroid dienone is 5. The fourth-order valence-electron chi connectivity index (χ4n) is 8.25. The number of nitrogens with zero attached hydrogens (tertiary/aromatic N) is 5. The van der Waals surface area contributed by atoms with Gasteiger partial charge in [-0.05, 0) is 85.2 Å². The number of hydrogen-bond donors (Lipinski definition) is 0. The van der Waals surface area contributed by atoms with E-state index in [-0.39, 0.29) is 0 Å². The Hall–Kier alpha value is -6.87. The second-order valence-electron chi connectivity index (χ2n) is 13.2. The van der Waals surface area contributed by atoms with Crippen molar-refractivity contribution in [3.8, 4) is 51.8 Å².